The van der Waals surface area contributed by atoms with E-state index in [1.165, 1.54) is 0 Å². The monoisotopic (exact) mass is 271 g/mol. The molecule has 1 rings (SSSR count). The highest BCUT2D eigenvalue weighted by molar-refractivity contribution is 5.72. The predicted molar refractivity (Wildman–Crippen MR) is 72.0 cm³/mol. The van der Waals surface area contributed by atoms with Crippen LogP contribution in [0.2, 0.25) is 0 Å². The molecule has 0 aromatic carbocycles. The van der Waals surface area contributed by atoms with Gasteiger partial charge in [-0.1, -0.05) is 19.8 Å². The number of hydrogen-bond donors (Lipinski definition) is 1. The minimum atomic E-state index is -0.883. The van der Waals surface area contributed by atoms with Crippen molar-refractivity contribution in [3.63, 3.8) is 0 Å². The molecule has 110 valence electrons. The summed E-state index contributed by atoms with van der Waals surface area (Å²) in [5, 5.41) is 9.01. The molecule has 0 bridgehead atoms. The van der Waals surface area contributed by atoms with Gasteiger partial charge < -0.3 is 14.7 Å². The van der Waals surface area contributed by atoms with Crippen LogP contribution in [0.5, 0.6) is 0 Å². The van der Waals surface area contributed by atoms with Crippen molar-refractivity contribution in [3.8, 4) is 0 Å². The van der Waals surface area contributed by atoms with Gasteiger partial charge in [-0.15, -0.1) is 0 Å². The van der Waals surface area contributed by atoms with Crippen molar-refractivity contribution in [2.24, 2.45) is 5.92 Å². The zero-order chi connectivity index (χ0) is 14.6. The van der Waals surface area contributed by atoms with Crippen molar-refractivity contribution in [2.45, 2.75) is 65.0 Å². The number of nitrogens with zero attached hydrogens (tertiary/aromatic N) is 1. The summed E-state index contributed by atoms with van der Waals surface area (Å²) in [6, 6.07) is 0.122. The minimum absolute atomic E-state index is 0.122. The molecule has 0 radical (unpaired) electrons. The Morgan fingerprint density at radius 1 is 1.32 bits per heavy atom. The Balaban J connectivity index is 2.73. The van der Waals surface area contributed by atoms with Gasteiger partial charge in [0, 0.05) is 12.6 Å². The first kappa shape index (κ1) is 15.8. The van der Waals surface area contributed by atoms with Crippen molar-refractivity contribution >= 4 is 12.1 Å². The van der Waals surface area contributed by atoms with E-state index in [9.17, 15) is 9.59 Å². The number of carboxylic acids is 1. The van der Waals surface area contributed by atoms with Crippen LogP contribution >= 0.6 is 0 Å². The fourth-order valence-electron chi connectivity index (χ4n) is 2.28. The number of carbonyl (C=O) groups excluding carboxylic acids is 1. The summed E-state index contributed by atoms with van der Waals surface area (Å²) in [5.74, 6) is -1.46. The van der Waals surface area contributed by atoms with Crippen molar-refractivity contribution in [2.75, 3.05) is 6.54 Å². The lowest BCUT2D eigenvalue weighted by Crippen LogP contribution is -2.45. The second kappa shape index (κ2) is 6.26. The minimum Gasteiger partial charge on any atom is -0.481 e. The molecular formula is C14H25NO4. The molecule has 5 nitrogen and oxygen atoms in total. The molecule has 0 aromatic heterocycles. The third kappa shape index (κ3) is 5.09. The van der Waals surface area contributed by atoms with Gasteiger partial charge in [0.15, 0.2) is 0 Å². The van der Waals surface area contributed by atoms with Crippen LogP contribution in [0.3, 0.4) is 0 Å². The third-order valence-corrected chi connectivity index (χ3v) is 3.29. The smallest absolute Gasteiger partial charge is 0.410 e. The van der Waals surface area contributed by atoms with Crippen LogP contribution in [0.25, 0.3) is 0 Å². The highest BCUT2D eigenvalue weighted by atomic mass is 16.6. The standard InChI is InChI=1S/C14H25NO4/c1-10(12(16)17)9-15(11-7-5-6-8-11)13(18)19-14(2,3)4/h10-11H,5-9H2,1-4H3,(H,16,17). The first-order chi connectivity index (χ1) is 8.70. The second-order valence-electron chi connectivity index (χ2n) is 6.31. The third-order valence-electron chi connectivity index (χ3n) is 3.29. The maximum atomic E-state index is 12.2. The van der Waals surface area contributed by atoms with Crippen LogP contribution < -0.4 is 0 Å². The lowest BCUT2D eigenvalue weighted by molar-refractivity contribution is -0.141. The van der Waals surface area contributed by atoms with E-state index in [1.54, 1.807) is 11.8 Å². The summed E-state index contributed by atoms with van der Waals surface area (Å²) in [6.45, 7) is 7.29. The van der Waals surface area contributed by atoms with Crippen LogP contribution in [-0.4, -0.2) is 40.3 Å². The van der Waals surface area contributed by atoms with Gasteiger partial charge in [-0.25, -0.2) is 4.79 Å². The van der Waals surface area contributed by atoms with E-state index in [0.29, 0.717) is 0 Å². The van der Waals surface area contributed by atoms with Crippen molar-refractivity contribution < 1.29 is 19.4 Å². The lowest BCUT2D eigenvalue weighted by atomic mass is 10.1. The highest BCUT2D eigenvalue weighted by Crippen LogP contribution is 2.26. The van der Waals surface area contributed by atoms with E-state index in [-0.39, 0.29) is 12.6 Å². The number of amides is 1. The SMILES string of the molecule is CC(CN(C(=O)OC(C)(C)C)C1CCCC1)C(=O)O. The lowest BCUT2D eigenvalue weighted by Gasteiger charge is -2.32. The van der Waals surface area contributed by atoms with Crippen LogP contribution in [-0.2, 0) is 9.53 Å². The molecular weight excluding hydrogens is 246 g/mol. The first-order valence-electron chi connectivity index (χ1n) is 6.93. The largest absolute Gasteiger partial charge is 0.481 e. The molecule has 1 amide bonds. The van der Waals surface area contributed by atoms with E-state index in [1.807, 2.05) is 20.8 Å². The zero-order valence-electron chi connectivity index (χ0n) is 12.3. The molecule has 5 heteroatoms. The van der Waals surface area contributed by atoms with Crippen molar-refractivity contribution in [1.29, 1.82) is 0 Å². The maximum absolute atomic E-state index is 12.2. The van der Waals surface area contributed by atoms with E-state index < -0.39 is 23.6 Å². The van der Waals surface area contributed by atoms with Crippen LogP contribution in [0.4, 0.5) is 4.79 Å². The van der Waals surface area contributed by atoms with Gasteiger partial charge >= 0.3 is 12.1 Å². The van der Waals surface area contributed by atoms with Crippen LogP contribution in [0.15, 0.2) is 0 Å². The van der Waals surface area contributed by atoms with Gasteiger partial charge in [0.25, 0.3) is 0 Å². The molecule has 1 aliphatic rings. The summed E-state index contributed by atoms with van der Waals surface area (Å²) in [7, 11) is 0. The van der Waals surface area contributed by atoms with Gasteiger partial charge in [-0.05, 0) is 33.6 Å². The fourth-order valence-corrected chi connectivity index (χ4v) is 2.28. The Labute approximate surface area is 114 Å². The molecule has 0 aliphatic heterocycles. The molecule has 19 heavy (non-hydrogen) atoms. The Morgan fingerprint density at radius 2 is 1.84 bits per heavy atom. The van der Waals surface area contributed by atoms with Gasteiger partial charge in [-0.2, -0.15) is 0 Å². The average Bonchev–Trinajstić information content (AvgIpc) is 2.75. The molecule has 1 atom stereocenters. The molecule has 1 aliphatic carbocycles. The number of carboxylic acid groups (broad SMARTS) is 1. The molecule has 0 aromatic rings. The number of rotatable bonds is 4. The Morgan fingerprint density at radius 3 is 2.26 bits per heavy atom. The Kier molecular flexibility index (Phi) is 5.20. The van der Waals surface area contributed by atoms with Gasteiger partial charge in [-0.3, -0.25) is 4.79 Å². The van der Waals surface area contributed by atoms with Gasteiger partial charge in [0.05, 0.1) is 5.92 Å². The molecule has 1 unspecified atom stereocenters. The van der Waals surface area contributed by atoms with E-state index in [4.69, 9.17) is 9.84 Å². The second-order valence-corrected chi connectivity index (χ2v) is 6.31. The molecule has 0 saturated heterocycles. The van der Waals surface area contributed by atoms with E-state index in [2.05, 4.69) is 0 Å². The summed E-state index contributed by atoms with van der Waals surface area (Å²) < 4.78 is 5.39. The summed E-state index contributed by atoms with van der Waals surface area (Å²) >= 11 is 0. The maximum Gasteiger partial charge on any atom is 0.410 e. The number of carbonyl (C=O) groups is 2. The van der Waals surface area contributed by atoms with Crippen LogP contribution in [0.1, 0.15) is 53.4 Å². The fraction of sp³-hybridized carbons (Fsp3) is 0.857. The average molecular weight is 271 g/mol. The first-order valence-corrected chi connectivity index (χ1v) is 6.93. The van der Waals surface area contributed by atoms with Crippen LogP contribution in [0, 0.1) is 5.92 Å². The molecule has 0 spiro atoms. The number of ether oxygens (including phenoxy) is 1. The van der Waals surface area contributed by atoms with E-state index in [0.717, 1.165) is 25.7 Å². The van der Waals surface area contributed by atoms with Gasteiger partial charge in [0.1, 0.15) is 5.60 Å². The van der Waals surface area contributed by atoms with Gasteiger partial charge in [0.2, 0.25) is 0 Å². The highest BCUT2D eigenvalue weighted by Gasteiger charge is 2.32. The zero-order valence-corrected chi connectivity index (χ0v) is 12.3. The molecule has 1 saturated carbocycles. The number of hydrogen-bond acceptors (Lipinski definition) is 3. The predicted octanol–water partition coefficient (Wildman–Crippen LogP) is 2.89. The topological polar surface area (TPSA) is 66.8 Å². The normalized spacial score (nSPS) is 18.1. The Bertz CT molecular complexity index is 329. The van der Waals surface area contributed by atoms with Crippen molar-refractivity contribution in [3.05, 3.63) is 0 Å². The molecule has 1 fully saturated rings. The van der Waals surface area contributed by atoms with Crippen molar-refractivity contribution in [1.82, 2.24) is 4.90 Å². The Hall–Kier alpha value is -1.26. The summed E-state index contributed by atoms with van der Waals surface area (Å²) in [6.07, 6.45) is 3.65. The molecule has 1 N–H and O–H groups in total. The molecule has 0 heterocycles. The summed E-state index contributed by atoms with van der Waals surface area (Å²) in [4.78, 5) is 24.8. The van der Waals surface area contributed by atoms with E-state index >= 15 is 0 Å². The number of aliphatic carboxylic acids is 1. The quantitative estimate of drug-likeness (QED) is 0.853. The summed E-state index contributed by atoms with van der Waals surface area (Å²) in [5.41, 5.74) is -0.555.